The maximum atomic E-state index is 3.71. The molecule has 5 rings (SSSR count). The Labute approximate surface area is 189 Å². The Bertz CT molecular complexity index is 961. The van der Waals surface area contributed by atoms with Crippen LogP contribution in [0.2, 0.25) is 0 Å². The van der Waals surface area contributed by atoms with E-state index in [2.05, 4.69) is 75.0 Å². The number of hydrogen-bond acceptors (Lipinski definition) is 0. The Kier molecular flexibility index (Phi) is 7.28. The maximum Gasteiger partial charge on any atom is -0.00917 e. The van der Waals surface area contributed by atoms with E-state index in [0.717, 1.165) is 31.1 Å². The van der Waals surface area contributed by atoms with Crippen LogP contribution in [0.15, 0.2) is 78.4 Å². The zero-order chi connectivity index (χ0) is 21.6. The Balaban J connectivity index is 0.000000217. The zero-order valence-electron chi connectivity index (χ0n) is 19.5. The summed E-state index contributed by atoms with van der Waals surface area (Å²) in [7, 11) is 0. The Morgan fingerprint density at radius 2 is 1.61 bits per heavy atom. The van der Waals surface area contributed by atoms with E-state index < -0.39 is 0 Å². The third-order valence-electron chi connectivity index (χ3n) is 7.25. The third-order valence-corrected chi connectivity index (χ3v) is 7.25. The van der Waals surface area contributed by atoms with Gasteiger partial charge in [-0.15, -0.1) is 0 Å². The second-order valence-electron chi connectivity index (χ2n) is 9.37. The van der Waals surface area contributed by atoms with E-state index in [1.54, 1.807) is 16.7 Å². The van der Waals surface area contributed by atoms with Crippen molar-refractivity contribution in [2.24, 2.45) is 0 Å². The molecular formula is C31H38. The molecule has 0 aliphatic heterocycles. The van der Waals surface area contributed by atoms with Crippen LogP contribution < -0.4 is 0 Å². The fourth-order valence-electron chi connectivity index (χ4n) is 5.22. The quantitative estimate of drug-likeness (QED) is 0.445. The van der Waals surface area contributed by atoms with Gasteiger partial charge >= 0.3 is 0 Å². The Morgan fingerprint density at radius 1 is 0.871 bits per heavy atom. The van der Waals surface area contributed by atoms with E-state index in [-0.39, 0.29) is 0 Å². The Morgan fingerprint density at radius 3 is 2.23 bits per heavy atom. The molecule has 2 aromatic carbocycles. The van der Waals surface area contributed by atoms with Crippen molar-refractivity contribution in [3.8, 4) is 11.1 Å². The SMILES string of the molecule is C=CC1=CC(CC)=CC1.CCc1cc(-c2ccccc2C2CC2)ccc1C1CCCC1. The summed E-state index contributed by atoms with van der Waals surface area (Å²) < 4.78 is 0. The number of aryl methyl sites for hydroxylation is 1. The lowest BCUT2D eigenvalue weighted by Crippen LogP contribution is -1.99. The lowest BCUT2D eigenvalue weighted by molar-refractivity contribution is 0.713. The van der Waals surface area contributed by atoms with Crippen LogP contribution in [-0.4, -0.2) is 0 Å². The molecule has 0 saturated heterocycles. The van der Waals surface area contributed by atoms with Gasteiger partial charge in [0.2, 0.25) is 0 Å². The molecule has 3 aliphatic rings. The van der Waals surface area contributed by atoms with Crippen molar-refractivity contribution in [3.63, 3.8) is 0 Å². The molecule has 0 radical (unpaired) electrons. The van der Waals surface area contributed by atoms with Crippen LogP contribution in [0.1, 0.15) is 93.7 Å². The van der Waals surface area contributed by atoms with Crippen LogP contribution in [0, 0.1) is 0 Å². The van der Waals surface area contributed by atoms with E-state index in [1.807, 2.05) is 6.08 Å². The van der Waals surface area contributed by atoms with Gasteiger partial charge in [-0.05, 0) is 90.2 Å². The fraction of sp³-hybridized carbons (Fsp3) is 0.419. The van der Waals surface area contributed by atoms with E-state index >= 15 is 0 Å². The normalized spacial score (nSPS) is 18.3. The summed E-state index contributed by atoms with van der Waals surface area (Å²) in [5, 5.41) is 0. The zero-order valence-corrected chi connectivity index (χ0v) is 19.5. The highest BCUT2D eigenvalue weighted by molar-refractivity contribution is 5.70. The predicted molar refractivity (Wildman–Crippen MR) is 136 cm³/mol. The molecule has 0 atom stereocenters. The van der Waals surface area contributed by atoms with Gasteiger partial charge in [-0.3, -0.25) is 0 Å². The fourth-order valence-corrected chi connectivity index (χ4v) is 5.22. The summed E-state index contributed by atoms with van der Waals surface area (Å²) in [6.07, 6.45) is 18.2. The molecule has 162 valence electrons. The second kappa shape index (κ2) is 10.3. The smallest absolute Gasteiger partial charge is 0.00917 e. The van der Waals surface area contributed by atoms with Gasteiger partial charge in [0.05, 0.1) is 0 Å². The first kappa shape index (κ1) is 21.9. The van der Waals surface area contributed by atoms with Gasteiger partial charge in [0.15, 0.2) is 0 Å². The molecule has 2 fully saturated rings. The molecule has 2 saturated carbocycles. The molecule has 3 aliphatic carbocycles. The van der Waals surface area contributed by atoms with Gasteiger partial charge in [-0.1, -0.05) is 99.5 Å². The van der Waals surface area contributed by atoms with Crippen molar-refractivity contribution in [2.45, 2.75) is 83.5 Å². The molecule has 0 spiro atoms. The standard InChI is InChI=1S/C22H26.C9H12/c1-2-16-15-19(13-14-20(16)17-7-3-4-8-17)22-10-6-5-9-21(22)18-11-12-18;1-3-8-5-6-9(4-2)7-8/h5-6,9-10,13-15,17-18H,2-4,7-8,11-12H2,1H3;3,6-7H,1,4-5H2,2H3. The van der Waals surface area contributed by atoms with Crippen LogP contribution >= 0.6 is 0 Å². The minimum absolute atomic E-state index is 0.816. The lowest BCUT2D eigenvalue weighted by Gasteiger charge is -2.17. The molecule has 0 heterocycles. The molecule has 0 aromatic heterocycles. The molecular weight excluding hydrogens is 372 g/mol. The largest absolute Gasteiger partial charge is 0.0988 e. The summed E-state index contributed by atoms with van der Waals surface area (Å²) >= 11 is 0. The number of allylic oxidation sites excluding steroid dienone is 5. The van der Waals surface area contributed by atoms with Gasteiger partial charge in [-0.25, -0.2) is 0 Å². The van der Waals surface area contributed by atoms with Crippen molar-refractivity contribution in [2.75, 3.05) is 0 Å². The molecule has 2 aromatic rings. The van der Waals surface area contributed by atoms with Crippen LogP contribution in [0.4, 0.5) is 0 Å². The van der Waals surface area contributed by atoms with Crippen LogP contribution in [-0.2, 0) is 6.42 Å². The molecule has 0 nitrogen and oxygen atoms in total. The highest BCUT2D eigenvalue weighted by Gasteiger charge is 2.26. The highest BCUT2D eigenvalue weighted by atomic mass is 14.3. The number of hydrogen-bond donors (Lipinski definition) is 0. The van der Waals surface area contributed by atoms with E-state index in [0.29, 0.717) is 0 Å². The minimum atomic E-state index is 0.816. The Hall–Kier alpha value is -2.34. The molecule has 0 unspecified atom stereocenters. The predicted octanol–water partition coefficient (Wildman–Crippen LogP) is 9.29. The van der Waals surface area contributed by atoms with Crippen LogP contribution in [0.5, 0.6) is 0 Å². The summed E-state index contributed by atoms with van der Waals surface area (Å²) in [5.41, 5.74) is 10.5. The molecule has 0 N–H and O–H groups in total. The van der Waals surface area contributed by atoms with Crippen molar-refractivity contribution in [1.82, 2.24) is 0 Å². The van der Waals surface area contributed by atoms with Crippen LogP contribution in [0.25, 0.3) is 11.1 Å². The first-order valence-electron chi connectivity index (χ1n) is 12.5. The molecule has 0 heteroatoms. The van der Waals surface area contributed by atoms with Crippen molar-refractivity contribution in [1.29, 1.82) is 0 Å². The van der Waals surface area contributed by atoms with E-state index in [4.69, 9.17) is 0 Å². The van der Waals surface area contributed by atoms with E-state index in [1.165, 1.54) is 60.8 Å². The van der Waals surface area contributed by atoms with Crippen molar-refractivity contribution < 1.29 is 0 Å². The van der Waals surface area contributed by atoms with Gasteiger partial charge in [0.25, 0.3) is 0 Å². The van der Waals surface area contributed by atoms with Gasteiger partial charge < -0.3 is 0 Å². The summed E-state index contributed by atoms with van der Waals surface area (Å²) in [4.78, 5) is 0. The average molecular weight is 411 g/mol. The highest BCUT2D eigenvalue weighted by Crippen LogP contribution is 2.45. The topological polar surface area (TPSA) is 0 Å². The summed E-state index contributed by atoms with van der Waals surface area (Å²) in [6, 6.07) is 16.3. The van der Waals surface area contributed by atoms with Crippen molar-refractivity contribution in [3.05, 3.63) is 95.1 Å². The van der Waals surface area contributed by atoms with Crippen molar-refractivity contribution >= 4 is 0 Å². The van der Waals surface area contributed by atoms with Gasteiger partial charge in [0, 0.05) is 0 Å². The molecule has 31 heavy (non-hydrogen) atoms. The molecule has 0 bridgehead atoms. The first-order valence-corrected chi connectivity index (χ1v) is 12.5. The molecule has 0 amide bonds. The number of benzene rings is 2. The minimum Gasteiger partial charge on any atom is -0.0988 e. The van der Waals surface area contributed by atoms with Gasteiger partial charge in [-0.2, -0.15) is 0 Å². The first-order chi connectivity index (χ1) is 15.2. The summed E-state index contributed by atoms with van der Waals surface area (Å²) in [6.45, 7) is 8.19. The lowest BCUT2D eigenvalue weighted by atomic mass is 9.88. The second-order valence-corrected chi connectivity index (χ2v) is 9.37. The summed E-state index contributed by atoms with van der Waals surface area (Å²) in [5.74, 6) is 1.64. The van der Waals surface area contributed by atoms with E-state index in [9.17, 15) is 0 Å². The van der Waals surface area contributed by atoms with Gasteiger partial charge in [0.1, 0.15) is 0 Å². The maximum absolute atomic E-state index is 3.71. The monoisotopic (exact) mass is 410 g/mol. The van der Waals surface area contributed by atoms with Crippen LogP contribution in [0.3, 0.4) is 0 Å². The number of rotatable bonds is 6. The average Bonchev–Trinajstić information content (AvgIpc) is 3.32. The third kappa shape index (κ3) is 5.29.